The Hall–Kier alpha value is -2.26. The van der Waals surface area contributed by atoms with Crippen molar-refractivity contribution in [1.82, 2.24) is 0 Å². The van der Waals surface area contributed by atoms with Crippen molar-refractivity contribution in [3.63, 3.8) is 0 Å². The molecule has 0 heterocycles. The van der Waals surface area contributed by atoms with Crippen LogP contribution in [0.25, 0.3) is 16.5 Å². The number of nitrogens with zero attached hydrogens (tertiary/aromatic N) is 3. The van der Waals surface area contributed by atoms with E-state index in [0.29, 0.717) is 5.69 Å². The molecule has 0 atom stereocenters. The third kappa shape index (κ3) is 3.54. The van der Waals surface area contributed by atoms with Gasteiger partial charge in [-0.15, -0.1) is 0 Å². The van der Waals surface area contributed by atoms with Crippen LogP contribution in [0.15, 0.2) is 35.5 Å². The molecule has 0 aromatic heterocycles. The minimum Gasteiger partial charge on any atom is -0.466 e. The van der Waals surface area contributed by atoms with Gasteiger partial charge in [-0.2, -0.15) is 0 Å². The molecule has 1 rings (SSSR count). The molecule has 0 fully saturated rings. The molecule has 5 nitrogen and oxygen atoms in total. The third-order valence-corrected chi connectivity index (χ3v) is 1.67. The maximum atomic E-state index is 10.8. The van der Waals surface area contributed by atoms with Gasteiger partial charge >= 0.3 is 5.97 Å². The van der Waals surface area contributed by atoms with Gasteiger partial charge in [-0.25, -0.2) is 4.79 Å². The first-order valence-electron chi connectivity index (χ1n) is 4.17. The van der Waals surface area contributed by atoms with Crippen LogP contribution in [0.4, 0.5) is 5.69 Å². The summed E-state index contributed by atoms with van der Waals surface area (Å²) in [7, 11) is 1.32. The van der Waals surface area contributed by atoms with E-state index < -0.39 is 5.97 Å². The van der Waals surface area contributed by atoms with Crippen molar-refractivity contribution in [2.75, 3.05) is 7.11 Å². The molecule has 0 aliphatic rings. The van der Waals surface area contributed by atoms with Gasteiger partial charge < -0.3 is 4.74 Å². The highest BCUT2D eigenvalue weighted by Crippen LogP contribution is 2.13. The van der Waals surface area contributed by atoms with E-state index in [2.05, 4.69) is 14.8 Å². The van der Waals surface area contributed by atoms with Crippen molar-refractivity contribution in [3.8, 4) is 0 Å². The highest BCUT2D eigenvalue weighted by Gasteiger charge is 1.92. The summed E-state index contributed by atoms with van der Waals surface area (Å²) >= 11 is 0. The minimum atomic E-state index is -0.408. The Kier molecular flexibility index (Phi) is 3.94. The van der Waals surface area contributed by atoms with E-state index in [9.17, 15) is 4.79 Å². The van der Waals surface area contributed by atoms with Gasteiger partial charge in [0.05, 0.1) is 7.11 Å². The van der Waals surface area contributed by atoms with Gasteiger partial charge in [-0.05, 0) is 17.2 Å². The first kappa shape index (κ1) is 10.8. The topological polar surface area (TPSA) is 75.1 Å². The number of esters is 1. The number of azide groups is 1. The second-order valence-corrected chi connectivity index (χ2v) is 2.64. The Morgan fingerprint density at radius 1 is 1.47 bits per heavy atom. The van der Waals surface area contributed by atoms with Crippen molar-refractivity contribution < 1.29 is 9.53 Å². The second kappa shape index (κ2) is 5.47. The predicted octanol–water partition coefficient (Wildman–Crippen LogP) is 2.81. The molecule has 1 aromatic rings. The SMILES string of the molecule is COC(=O)/C=C/c1ccc(N=[N+]=[N-])cc1. The van der Waals surface area contributed by atoms with Crippen molar-refractivity contribution in [1.29, 1.82) is 0 Å². The van der Waals surface area contributed by atoms with Crippen molar-refractivity contribution >= 4 is 17.7 Å². The summed E-state index contributed by atoms with van der Waals surface area (Å²) in [6, 6.07) is 6.81. The number of benzene rings is 1. The number of ether oxygens (including phenoxy) is 1. The number of methoxy groups -OCH3 is 1. The van der Waals surface area contributed by atoms with E-state index in [1.165, 1.54) is 13.2 Å². The van der Waals surface area contributed by atoms with Crippen LogP contribution in [0.3, 0.4) is 0 Å². The zero-order valence-electron chi connectivity index (χ0n) is 8.12. The molecule has 0 aliphatic carbocycles. The molecule has 0 saturated heterocycles. The molecule has 0 radical (unpaired) electrons. The smallest absolute Gasteiger partial charge is 0.330 e. The summed E-state index contributed by atoms with van der Waals surface area (Å²) in [5.41, 5.74) is 9.55. The standard InChI is InChI=1S/C10H9N3O2/c1-15-10(14)7-4-8-2-5-9(6-3-8)12-13-11/h2-7H,1H3/b7-4+. The minimum absolute atomic E-state index is 0.408. The summed E-state index contributed by atoms with van der Waals surface area (Å²) in [5, 5.41) is 3.42. The van der Waals surface area contributed by atoms with E-state index in [-0.39, 0.29) is 0 Å². The normalized spacial score (nSPS) is 9.67. The number of hydrogen-bond acceptors (Lipinski definition) is 3. The van der Waals surface area contributed by atoms with Crippen LogP contribution in [-0.2, 0) is 9.53 Å². The molecule has 0 bridgehead atoms. The van der Waals surface area contributed by atoms with Crippen LogP contribution in [0.2, 0.25) is 0 Å². The lowest BCUT2D eigenvalue weighted by Crippen LogP contribution is -1.92. The molecule has 76 valence electrons. The van der Waals surface area contributed by atoms with E-state index in [1.807, 2.05) is 0 Å². The number of carbonyl (C=O) groups excluding carboxylic acids is 1. The maximum Gasteiger partial charge on any atom is 0.330 e. The van der Waals surface area contributed by atoms with Crippen LogP contribution in [0.5, 0.6) is 0 Å². The van der Waals surface area contributed by atoms with Gasteiger partial charge in [0.1, 0.15) is 0 Å². The predicted molar refractivity (Wildman–Crippen MR) is 56.3 cm³/mol. The molecule has 0 N–H and O–H groups in total. The molecule has 0 spiro atoms. The third-order valence-electron chi connectivity index (χ3n) is 1.67. The Labute approximate surface area is 86.6 Å². The Morgan fingerprint density at radius 3 is 2.67 bits per heavy atom. The number of carbonyl (C=O) groups is 1. The first-order valence-corrected chi connectivity index (χ1v) is 4.17. The van der Waals surface area contributed by atoms with Crippen molar-refractivity contribution in [3.05, 3.63) is 46.3 Å². The summed E-state index contributed by atoms with van der Waals surface area (Å²) in [5.74, 6) is -0.408. The molecule has 5 heteroatoms. The quantitative estimate of drug-likeness (QED) is 0.249. The van der Waals surface area contributed by atoms with Crippen LogP contribution in [-0.4, -0.2) is 13.1 Å². The molecule has 0 saturated carbocycles. The molecule has 15 heavy (non-hydrogen) atoms. The second-order valence-electron chi connectivity index (χ2n) is 2.64. The molecule has 0 amide bonds. The van der Waals surface area contributed by atoms with Crippen LogP contribution in [0.1, 0.15) is 5.56 Å². The number of hydrogen-bond donors (Lipinski definition) is 0. The van der Waals surface area contributed by atoms with Gasteiger partial charge in [0.25, 0.3) is 0 Å². The molecular weight excluding hydrogens is 194 g/mol. The van der Waals surface area contributed by atoms with E-state index in [4.69, 9.17) is 5.53 Å². The molecule has 0 aliphatic heterocycles. The lowest BCUT2D eigenvalue weighted by molar-refractivity contribution is -0.134. The summed E-state index contributed by atoms with van der Waals surface area (Å²) in [6.07, 6.45) is 2.94. The fourth-order valence-electron chi connectivity index (χ4n) is 0.936. The fourth-order valence-corrected chi connectivity index (χ4v) is 0.936. The average Bonchev–Trinajstić information content (AvgIpc) is 2.28. The Bertz CT molecular complexity index is 417. The van der Waals surface area contributed by atoms with Crippen LogP contribution >= 0.6 is 0 Å². The fraction of sp³-hybridized carbons (Fsp3) is 0.100. The Balaban J connectivity index is 2.76. The summed E-state index contributed by atoms with van der Waals surface area (Å²) in [4.78, 5) is 13.4. The highest BCUT2D eigenvalue weighted by atomic mass is 16.5. The highest BCUT2D eigenvalue weighted by molar-refractivity contribution is 5.86. The van der Waals surface area contributed by atoms with Gasteiger partial charge in [0.15, 0.2) is 0 Å². The monoisotopic (exact) mass is 203 g/mol. The molecule has 1 aromatic carbocycles. The lowest BCUT2D eigenvalue weighted by atomic mass is 10.2. The molecular formula is C10H9N3O2. The van der Waals surface area contributed by atoms with Gasteiger partial charge in [0, 0.05) is 16.7 Å². The van der Waals surface area contributed by atoms with Crippen molar-refractivity contribution in [2.24, 2.45) is 5.11 Å². The summed E-state index contributed by atoms with van der Waals surface area (Å²) in [6.45, 7) is 0. The summed E-state index contributed by atoms with van der Waals surface area (Å²) < 4.78 is 4.44. The lowest BCUT2D eigenvalue weighted by Gasteiger charge is -1.94. The van der Waals surface area contributed by atoms with Gasteiger partial charge in [-0.1, -0.05) is 29.4 Å². The average molecular weight is 203 g/mol. The molecule has 0 unspecified atom stereocenters. The number of rotatable bonds is 3. The zero-order chi connectivity index (χ0) is 11.1. The first-order chi connectivity index (χ1) is 7.26. The van der Waals surface area contributed by atoms with Crippen LogP contribution < -0.4 is 0 Å². The van der Waals surface area contributed by atoms with E-state index in [1.54, 1.807) is 30.3 Å². The van der Waals surface area contributed by atoms with Gasteiger partial charge in [0.2, 0.25) is 0 Å². The van der Waals surface area contributed by atoms with Crippen LogP contribution in [0, 0.1) is 0 Å². The van der Waals surface area contributed by atoms with Gasteiger partial charge in [-0.3, -0.25) is 0 Å². The maximum absolute atomic E-state index is 10.8. The van der Waals surface area contributed by atoms with E-state index in [0.717, 1.165) is 5.56 Å². The van der Waals surface area contributed by atoms with E-state index >= 15 is 0 Å². The largest absolute Gasteiger partial charge is 0.466 e. The zero-order valence-corrected chi connectivity index (χ0v) is 8.12. The van der Waals surface area contributed by atoms with Crippen molar-refractivity contribution in [2.45, 2.75) is 0 Å². The Morgan fingerprint density at radius 2 is 2.13 bits per heavy atom.